The molecule has 2 N–H and O–H groups in total. The summed E-state index contributed by atoms with van der Waals surface area (Å²) < 4.78 is 5.14. The van der Waals surface area contributed by atoms with Crippen LogP contribution in [0.15, 0.2) is 24.3 Å². The number of carboxylic acid groups (broad SMARTS) is 1. The Bertz CT molecular complexity index is 489. The van der Waals surface area contributed by atoms with Gasteiger partial charge in [-0.1, -0.05) is 37.6 Å². The van der Waals surface area contributed by atoms with Crippen molar-refractivity contribution in [2.24, 2.45) is 0 Å². The monoisotopic (exact) mass is 313 g/mol. The summed E-state index contributed by atoms with van der Waals surface area (Å²) in [6.07, 6.45) is 1.01. The zero-order valence-corrected chi connectivity index (χ0v) is 12.9. The molecule has 0 radical (unpaired) electrons. The van der Waals surface area contributed by atoms with E-state index < -0.39 is 17.4 Å². The highest BCUT2D eigenvalue weighted by molar-refractivity contribution is 6.30. The van der Waals surface area contributed by atoms with Crippen LogP contribution in [-0.2, 0) is 19.9 Å². The van der Waals surface area contributed by atoms with E-state index in [9.17, 15) is 14.7 Å². The highest BCUT2D eigenvalue weighted by atomic mass is 35.5. The van der Waals surface area contributed by atoms with Gasteiger partial charge in [0.1, 0.15) is 6.61 Å². The number of hydrogen-bond acceptors (Lipinski definition) is 3. The summed E-state index contributed by atoms with van der Waals surface area (Å²) in [5, 5.41) is 12.7. The maximum atomic E-state index is 11.9. The average Bonchev–Trinajstić information content (AvgIpc) is 2.45. The van der Waals surface area contributed by atoms with Gasteiger partial charge in [0.2, 0.25) is 5.91 Å². The van der Waals surface area contributed by atoms with Gasteiger partial charge in [0.15, 0.2) is 5.54 Å². The van der Waals surface area contributed by atoms with Crippen LogP contribution in [0, 0.1) is 0 Å². The third-order valence-corrected chi connectivity index (χ3v) is 3.42. The molecule has 0 aliphatic rings. The minimum absolute atomic E-state index is 0.156. The first-order valence-electron chi connectivity index (χ1n) is 6.84. The molecule has 116 valence electrons. The predicted molar refractivity (Wildman–Crippen MR) is 80.3 cm³/mol. The molecule has 21 heavy (non-hydrogen) atoms. The van der Waals surface area contributed by atoms with E-state index in [1.165, 1.54) is 0 Å². The lowest BCUT2D eigenvalue weighted by atomic mass is 9.87. The van der Waals surface area contributed by atoms with Crippen LogP contribution in [0.5, 0.6) is 0 Å². The van der Waals surface area contributed by atoms with Crippen LogP contribution < -0.4 is 5.32 Å². The molecule has 6 heteroatoms. The van der Waals surface area contributed by atoms with Gasteiger partial charge in [-0.25, -0.2) is 4.79 Å². The van der Waals surface area contributed by atoms with Gasteiger partial charge < -0.3 is 15.2 Å². The number of aliphatic carboxylic acids is 1. The number of amides is 1. The van der Waals surface area contributed by atoms with Crippen molar-refractivity contribution in [3.05, 3.63) is 34.9 Å². The summed E-state index contributed by atoms with van der Waals surface area (Å²) in [6, 6.07) is 6.41. The van der Waals surface area contributed by atoms with Gasteiger partial charge in [0.05, 0.1) is 0 Å². The van der Waals surface area contributed by atoms with Crippen LogP contribution in [0.2, 0.25) is 5.02 Å². The summed E-state index contributed by atoms with van der Waals surface area (Å²) in [7, 11) is 0. The minimum Gasteiger partial charge on any atom is -0.479 e. The third-order valence-electron chi connectivity index (χ3n) is 3.17. The van der Waals surface area contributed by atoms with Gasteiger partial charge >= 0.3 is 5.97 Å². The van der Waals surface area contributed by atoms with Crippen LogP contribution in [0.3, 0.4) is 0 Å². The zero-order valence-electron chi connectivity index (χ0n) is 12.2. The second kappa shape index (κ2) is 8.00. The number of halogens is 1. The van der Waals surface area contributed by atoms with Crippen molar-refractivity contribution in [2.75, 3.05) is 13.2 Å². The van der Waals surface area contributed by atoms with Crippen LogP contribution >= 0.6 is 11.6 Å². The van der Waals surface area contributed by atoms with Gasteiger partial charge in [-0.3, -0.25) is 4.79 Å². The Balaban J connectivity index is 2.96. The Hall–Kier alpha value is -1.59. The fourth-order valence-electron chi connectivity index (χ4n) is 2.01. The minimum atomic E-state index is -1.47. The SMILES string of the molecule is CCCOCC(=O)NC(CC)(C(=O)O)c1ccc(Cl)cc1. The molecule has 0 aliphatic heterocycles. The van der Waals surface area contributed by atoms with Crippen molar-refractivity contribution in [3.63, 3.8) is 0 Å². The normalized spacial score (nSPS) is 13.5. The summed E-state index contributed by atoms with van der Waals surface area (Å²) in [5.41, 5.74) is -0.997. The zero-order chi connectivity index (χ0) is 15.9. The fourth-order valence-corrected chi connectivity index (χ4v) is 2.14. The second-order valence-corrected chi connectivity index (χ2v) is 5.11. The summed E-state index contributed by atoms with van der Waals surface area (Å²) >= 11 is 5.82. The van der Waals surface area contributed by atoms with E-state index in [1.54, 1.807) is 31.2 Å². The predicted octanol–water partition coefficient (Wildman–Crippen LogP) is 2.57. The van der Waals surface area contributed by atoms with Gasteiger partial charge in [-0.2, -0.15) is 0 Å². The third kappa shape index (κ3) is 4.44. The first-order valence-corrected chi connectivity index (χ1v) is 7.22. The van der Waals surface area contributed by atoms with E-state index in [1.807, 2.05) is 6.92 Å². The molecule has 1 amide bonds. The Labute approximate surface area is 129 Å². The lowest BCUT2D eigenvalue weighted by Gasteiger charge is -2.30. The highest BCUT2D eigenvalue weighted by Gasteiger charge is 2.40. The van der Waals surface area contributed by atoms with Gasteiger partial charge in [0.25, 0.3) is 0 Å². The van der Waals surface area contributed by atoms with E-state index in [0.29, 0.717) is 17.2 Å². The number of ether oxygens (including phenoxy) is 1. The number of carbonyl (C=O) groups excluding carboxylic acids is 1. The first kappa shape index (κ1) is 17.5. The lowest BCUT2D eigenvalue weighted by Crippen LogP contribution is -2.52. The standard InChI is InChI=1S/C15H20ClNO4/c1-3-9-21-10-13(18)17-15(4-2,14(19)20)11-5-7-12(16)8-6-11/h5-8H,3-4,9-10H2,1-2H3,(H,17,18)(H,19,20). The molecule has 0 heterocycles. The van der Waals surface area contributed by atoms with Crippen LogP contribution in [-0.4, -0.2) is 30.2 Å². The molecule has 5 nitrogen and oxygen atoms in total. The molecule has 0 bridgehead atoms. The van der Waals surface area contributed by atoms with Gasteiger partial charge in [-0.15, -0.1) is 0 Å². The largest absolute Gasteiger partial charge is 0.479 e. The quantitative estimate of drug-likeness (QED) is 0.723. The summed E-state index contributed by atoms with van der Waals surface area (Å²) in [5.74, 6) is -1.57. The average molecular weight is 314 g/mol. The smallest absolute Gasteiger partial charge is 0.334 e. The van der Waals surface area contributed by atoms with Crippen LogP contribution in [0.1, 0.15) is 32.3 Å². The van der Waals surface area contributed by atoms with Crippen molar-refractivity contribution in [2.45, 2.75) is 32.2 Å². The van der Waals surface area contributed by atoms with Crippen molar-refractivity contribution in [3.8, 4) is 0 Å². The van der Waals surface area contributed by atoms with E-state index in [2.05, 4.69) is 5.32 Å². The molecule has 0 saturated carbocycles. The Morgan fingerprint density at radius 1 is 1.29 bits per heavy atom. The molecule has 1 atom stereocenters. The van der Waals surface area contributed by atoms with E-state index in [0.717, 1.165) is 6.42 Å². The maximum absolute atomic E-state index is 11.9. The molecule has 0 aliphatic carbocycles. The molecular weight excluding hydrogens is 294 g/mol. The topological polar surface area (TPSA) is 75.6 Å². The van der Waals surface area contributed by atoms with Crippen molar-refractivity contribution < 1.29 is 19.4 Å². The van der Waals surface area contributed by atoms with E-state index in [4.69, 9.17) is 16.3 Å². The van der Waals surface area contributed by atoms with E-state index >= 15 is 0 Å². The number of hydrogen-bond donors (Lipinski definition) is 2. The molecule has 0 fully saturated rings. The Kier molecular flexibility index (Phi) is 6.65. The summed E-state index contributed by atoms with van der Waals surface area (Å²) in [4.78, 5) is 23.6. The Morgan fingerprint density at radius 2 is 1.90 bits per heavy atom. The van der Waals surface area contributed by atoms with Crippen LogP contribution in [0.4, 0.5) is 0 Å². The molecule has 0 saturated heterocycles. The molecule has 1 aromatic rings. The molecule has 1 unspecified atom stereocenters. The molecule has 1 rings (SSSR count). The first-order chi connectivity index (χ1) is 9.96. The number of carboxylic acids is 1. The highest BCUT2D eigenvalue weighted by Crippen LogP contribution is 2.27. The van der Waals surface area contributed by atoms with Crippen LogP contribution in [0.25, 0.3) is 0 Å². The van der Waals surface area contributed by atoms with Crippen molar-refractivity contribution >= 4 is 23.5 Å². The fraction of sp³-hybridized carbons (Fsp3) is 0.467. The van der Waals surface area contributed by atoms with Crippen molar-refractivity contribution in [1.82, 2.24) is 5.32 Å². The van der Waals surface area contributed by atoms with E-state index in [-0.39, 0.29) is 13.0 Å². The molecule has 0 spiro atoms. The molecule has 0 aromatic heterocycles. The van der Waals surface area contributed by atoms with Crippen molar-refractivity contribution in [1.29, 1.82) is 0 Å². The second-order valence-electron chi connectivity index (χ2n) is 4.67. The number of nitrogens with one attached hydrogen (secondary N) is 1. The lowest BCUT2D eigenvalue weighted by molar-refractivity contribution is -0.149. The van der Waals surface area contributed by atoms with Gasteiger partial charge in [0, 0.05) is 11.6 Å². The number of rotatable bonds is 8. The maximum Gasteiger partial charge on any atom is 0.334 e. The summed E-state index contributed by atoms with van der Waals surface area (Å²) in [6.45, 7) is 3.94. The van der Waals surface area contributed by atoms with Gasteiger partial charge in [-0.05, 0) is 30.5 Å². The number of benzene rings is 1. The molecular formula is C15H20ClNO4. The Morgan fingerprint density at radius 3 is 2.38 bits per heavy atom. The molecule has 1 aromatic carbocycles. The number of carbonyl (C=O) groups is 2.